The SMILES string of the molecule is CC1(OC(=O)C2CC3C=CC2C3=O)CCCC1. The van der Waals surface area contributed by atoms with E-state index in [1.165, 1.54) is 0 Å². The summed E-state index contributed by atoms with van der Waals surface area (Å²) < 4.78 is 5.66. The van der Waals surface area contributed by atoms with E-state index in [9.17, 15) is 9.59 Å². The number of allylic oxidation sites excluding steroid dienone is 2. The maximum absolute atomic E-state index is 12.1. The highest BCUT2D eigenvalue weighted by molar-refractivity contribution is 5.96. The summed E-state index contributed by atoms with van der Waals surface area (Å²) in [6, 6.07) is 0. The molecule has 0 radical (unpaired) electrons. The Bertz CT molecular complexity index is 390. The lowest BCUT2D eigenvalue weighted by molar-refractivity contribution is -0.164. The molecule has 3 aliphatic carbocycles. The van der Waals surface area contributed by atoms with Crippen LogP contribution < -0.4 is 0 Å². The van der Waals surface area contributed by atoms with Crippen molar-refractivity contribution in [3.63, 3.8) is 0 Å². The van der Waals surface area contributed by atoms with E-state index in [4.69, 9.17) is 4.74 Å². The van der Waals surface area contributed by atoms with Crippen LogP contribution in [-0.2, 0) is 14.3 Å². The van der Waals surface area contributed by atoms with Gasteiger partial charge in [-0.3, -0.25) is 9.59 Å². The van der Waals surface area contributed by atoms with Gasteiger partial charge in [-0.15, -0.1) is 0 Å². The van der Waals surface area contributed by atoms with Crippen LogP contribution >= 0.6 is 0 Å². The number of ether oxygens (including phenoxy) is 1. The molecule has 3 rings (SSSR count). The van der Waals surface area contributed by atoms with Crippen molar-refractivity contribution in [3.8, 4) is 0 Å². The maximum Gasteiger partial charge on any atom is 0.310 e. The lowest BCUT2D eigenvalue weighted by Crippen LogP contribution is -2.33. The molecule has 0 aromatic rings. The fourth-order valence-corrected chi connectivity index (χ4v) is 3.42. The van der Waals surface area contributed by atoms with E-state index in [1.807, 2.05) is 19.1 Å². The molecule has 2 fully saturated rings. The highest BCUT2D eigenvalue weighted by Gasteiger charge is 2.49. The van der Waals surface area contributed by atoms with Crippen LogP contribution in [0, 0.1) is 17.8 Å². The number of fused-ring (bicyclic) bond motifs is 2. The molecule has 0 aromatic heterocycles. The number of carbonyl (C=O) groups excluding carboxylic acids is 2. The van der Waals surface area contributed by atoms with Gasteiger partial charge in [-0.1, -0.05) is 12.2 Å². The Labute approximate surface area is 101 Å². The van der Waals surface area contributed by atoms with Gasteiger partial charge in [0.05, 0.1) is 5.92 Å². The van der Waals surface area contributed by atoms with Crippen LogP contribution in [-0.4, -0.2) is 17.4 Å². The van der Waals surface area contributed by atoms with Crippen LogP contribution in [0.2, 0.25) is 0 Å². The second-order valence-electron chi connectivity index (χ2n) is 5.84. The molecule has 0 spiro atoms. The first-order valence-electron chi connectivity index (χ1n) is 6.54. The van der Waals surface area contributed by atoms with Crippen molar-refractivity contribution >= 4 is 11.8 Å². The summed E-state index contributed by atoms with van der Waals surface area (Å²) in [5, 5.41) is 0. The summed E-state index contributed by atoms with van der Waals surface area (Å²) >= 11 is 0. The smallest absolute Gasteiger partial charge is 0.310 e. The van der Waals surface area contributed by atoms with Crippen molar-refractivity contribution in [2.45, 2.75) is 44.6 Å². The van der Waals surface area contributed by atoms with Gasteiger partial charge in [0.1, 0.15) is 11.4 Å². The van der Waals surface area contributed by atoms with E-state index in [0.29, 0.717) is 6.42 Å². The molecule has 3 aliphatic rings. The second kappa shape index (κ2) is 3.69. The molecule has 0 amide bonds. The third kappa shape index (κ3) is 1.72. The average Bonchev–Trinajstić information content (AvgIpc) is 2.95. The molecule has 0 saturated heterocycles. The summed E-state index contributed by atoms with van der Waals surface area (Å²) in [4.78, 5) is 23.9. The summed E-state index contributed by atoms with van der Waals surface area (Å²) in [6.07, 6.45) is 8.69. The molecule has 2 saturated carbocycles. The van der Waals surface area contributed by atoms with E-state index in [-0.39, 0.29) is 35.1 Å². The molecule has 2 bridgehead atoms. The Morgan fingerprint density at radius 1 is 1.35 bits per heavy atom. The Morgan fingerprint density at radius 2 is 2.06 bits per heavy atom. The van der Waals surface area contributed by atoms with Gasteiger partial charge < -0.3 is 4.74 Å². The monoisotopic (exact) mass is 234 g/mol. The first kappa shape index (κ1) is 11.0. The minimum Gasteiger partial charge on any atom is -0.459 e. The lowest BCUT2D eigenvalue weighted by atomic mass is 9.93. The van der Waals surface area contributed by atoms with E-state index in [0.717, 1.165) is 25.7 Å². The summed E-state index contributed by atoms with van der Waals surface area (Å²) in [7, 11) is 0. The molecular weight excluding hydrogens is 216 g/mol. The van der Waals surface area contributed by atoms with Crippen molar-refractivity contribution < 1.29 is 14.3 Å². The molecule has 0 heterocycles. The minimum atomic E-state index is -0.272. The number of esters is 1. The van der Waals surface area contributed by atoms with Crippen LogP contribution in [0.4, 0.5) is 0 Å². The van der Waals surface area contributed by atoms with Crippen LogP contribution in [0.25, 0.3) is 0 Å². The van der Waals surface area contributed by atoms with Gasteiger partial charge in [0.25, 0.3) is 0 Å². The highest BCUT2D eigenvalue weighted by atomic mass is 16.6. The van der Waals surface area contributed by atoms with Crippen molar-refractivity contribution in [2.75, 3.05) is 0 Å². The van der Waals surface area contributed by atoms with E-state index >= 15 is 0 Å². The second-order valence-corrected chi connectivity index (χ2v) is 5.84. The largest absolute Gasteiger partial charge is 0.459 e. The van der Waals surface area contributed by atoms with Crippen molar-refractivity contribution in [3.05, 3.63) is 12.2 Å². The quantitative estimate of drug-likeness (QED) is 0.543. The van der Waals surface area contributed by atoms with Crippen LogP contribution in [0.15, 0.2) is 12.2 Å². The number of Topliss-reactive ketones (excluding diaryl/α,β-unsaturated/α-hetero) is 1. The molecule has 3 atom stereocenters. The van der Waals surface area contributed by atoms with Gasteiger partial charge in [0, 0.05) is 11.8 Å². The minimum absolute atomic E-state index is 0.0195. The Kier molecular flexibility index (Phi) is 2.39. The number of hydrogen-bond acceptors (Lipinski definition) is 3. The predicted molar refractivity (Wildman–Crippen MR) is 62.2 cm³/mol. The molecular formula is C14H18O3. The van der Waals surface area contributed by atoms with Crippen molar-refractivity contribution in [1.29, 1.82) is 0 Å². The van der Waals surface area contributed by atoms with Gasteiger partial charge in [-0.2, -0.15) is 0 Å². The third-order valence-corrected chi connectivity index (χ3v) is 4.50. The maximum atomic E-state index is 12.1. The topological polar surface area (TPSA) is 43.4 Å². The molecule has 0 aromatic carbocycles. The molecule has 3 nitrogen and oxygen atoms in total. The Morgan fingerprint density at radius 3 is 2.59 bits per heavy atom. The first-order chi connectivity index (χ1) is 8.09. The molecule has 0 aliphatic heterocycles. The summed E-state index contributed by atoms with van der Waals surface area (Å²) in [5.41, 5.74) is -0.272. The molecule has 92 valence electrons. The molecule has 3 unspecified atom stereocenters. The Hall–Kier alpha value is -1.12. The highest BCUT2D eigenvalue weighted by Crippen LogP contribution is 2.42. The van der Waals surface area contributed by atoms with Gasteiger partial charge >= 0.3 is 5.97 Å². The van der Waals surface area contributed by atoms with E-state index < -0.39 is 0 Å². The summed E-state index contributed by atoms with van der Waals surface area (Å²) in [5.74, 6) is -0.371. The Balaban J connectivity index is 1.68. The molecule has 3 heteroatoms. The van der Waals surface area contributed by atoms with Crippen LogP contribution in [0.1, 0.15) is 39.0 Å². The fourth-order valence-electron chi connectivity index (χ4n) is 3.42. The predicted octanol–water partition coefficient (Wildman–Crippen LogP) is 2.25. The molecule has 0 N–H and O–H groups in total. The van der Waals surface area contributed by atoms with Gasteiger partial charge in [0.2, 0.25) is 0 Å². The van der Waals surface area contributed by atoms with Crippen molar-refractivity contribution in [2.24, 2.45) is 17.8 Å². The number of hydrogen-bond donors (Lipinski definition) is 0. The first-order valence-corrected chi connectivity index (χ1v) is 6.54. The standard InChI is InChI=1S/C14H18O3/c1-14(6-2-3-7-14)17-13(16)11-8-9-4-5-10(11)12(9)15/h4-5,9-11H,2-3,6-8H2,1H3. The zero-order chi connectivity index (χ0) is 12.0. The number of rotatable bonds is 2. The zero-order valence-electron chi connectivity index (χ0n) is 10.1. The van der Waals surface area contributed by atoms with Gasteiger partial charge in [0.15, 0.2) is 0 Å². The third-order valence-electron chi connectivity index (χ3n) is 4.50. The number of ketones is 1. The summed E-state index contributed by atoms with van der Waals surface area (Å²) in [6.45, 7) is 2.02. The van der Waals surface area contributed by atoms with Gasteiger partial charge in [-0.25, -0.2) is 0 Å². The lowest BCUT2D eigenvalue weighted by Gasteiger charge is -2.27. The normalized spacial score (nSPS) is 37.7. The van der Waals surface area contributed by atoms with E-state index in [1.54, 1.807) is 0 Å². The van der Waals surface area contributed by atoms with Gasteiger partial charge in [-0.05, 0) is 39.0 Å². The van der Waals surface area contributed by atoms with Crippen molar-refractivity contribution in [1.82, 2.24) is 0 Å². The van der Waals surface area contributed by atoms with Crippen LogP contribution in [0.3, 0.4) is 0 Å². The molecule has 17 heavy (non-hydrogen) atoms. The average molecular weight is 234 g/mol. The zero-order valence-corrected chi connectivity index (χ0v) is 10.1. The van der Waals surface area contributed by atoms with Crippen LogP contribution in [0.5, 0.6) is 0 Å². The number of carbonyl (C=O) groups is 2. The van der Waals surface area contributed by atoms with E-state index in [2.05, 4.69) is 0 Å². The fraction of sp³-hybridized carbons (Fsp3) is 0.714.